The molecule has 0 aliphatic rings. The lowest BCUT2D eigenvalue weighted by Gasteiger charge is -2.01. The lowest BCUT2D eigenvalue weighted by Crippen LogP contribution is -2.40. The molecule has 11 heavy (non-hydrogen) atoms. The van der Waals surface area contributed by atoms with Gasteiger partial charge >= 0.3 is 0 Å². The van der Waals surface area contributed by atoms with Crippen LogP contribution < -0.4 is 10.5 Å². The van der Waals surface area contributed by atoms with Gasteiger partial charge in [0.2, 0.25) is 0 Å². The smallest absolute Gasteiger partial charge is 0.132 e. The number of thioether (sulfide) groups is 1. The molecule has 0 unspecified atom stereocenters. The Balaban J connectivity index is 3.02. The van der Waals surface area contributed by atoms with Crippen molar-refractivity contribution < 1.29 is 10.5 Å². The van der Waals surface area contributed by atoms with E-state index >= 15 is 0 Å². The molecule has 3 heteroatoms. The molecule has 3 N–H and O–H groups in total. The van der Waals surface area contributed by atoms with Gasteiger partial charge in [-0.25, -0.2) is 0 Å². The summed E-state index contributed by atoms with van der Waals surface area (Å²) in [6.07, 6.45) is 2.04. The SMILES string of the molecule is COc1cc([NH3+])cc(SC)c1. The van der Waals surface area contributed by atoms with E-state index in [0.717, 1.165) is 11.4 Å². The van der Waals surface area contributed by atoms with Gasteiger partial charge in [0, 0.05) is 17.0 Å². The van der Waals surface area contributed by atoms with Crippen molar-refractivity contribution in [2.45, 2.75) is 4.90 Å². The van der Waals surface area contributed by atoms with E-state index in [1.807, 2.05) is 24.5 Å². The molecule has 0 radical (unpaired) electrons. The van der Waals surface area contributed by atoms with Gasteiger partial charge in [-0.3, -0.25) is 0 Å². The third kappa shape index (κ3) is 2.13. The standard InChI is InChI=1S/C8H11NOS/c1-10-7-3-6(9)4-8(5-7)11-2/h3-5H,9H2,1-2H3/p+1. The third-order valence-corrected chi connectivity index (χ3v) is 2.12. The Bertz CT molecular complexity index is 228. The normalized spacial score (nSPS) is 9.73. The zero-order valence-electron chi connectivity index (χ0n) is 6.76. The molecule has 2 nitrogen and oxygen atoms in total. The van der Waals surface area contributed by atoms with Crippen molar-refractivity contribution in [3.63, 3.8) is 0 Å². The van der Waals surface area contributed by atoms with E-state index < -0.39 is 0 Å². The van der Waals surface area contributed by atoms with Crippen molar-refractivity contribution in [2.24, 2.45) is 0 Å². The summed E-state index contributed by atoms with van der Waals surface area (Å²) in [5.74, 6) is 0.877. The summed E-state index contributed by atoms with van der Waals surface area (Å²) in [6.45, 7) is 0. The first-order valence-electron chi connectivity index (χ1n) is 3.31. The topological polar surface area (TPSA) is 36.9 Å². The highest BCUT2D eigenvalue weighted by molar-refractivity contribution is 7.98. The molecular weight excluding hydrogens is 158 g/mol. The maximum absolute atomic E-state index is 5.08. The van der Waals surface area contributed by atoms with Crippen LogP contribution in [0.1, 0.15) is 0 Å². The predicted octanol–water partition coefficient (Wildman–Crippen LogP) is 1.29. The Labute approximate surface area is 70.7 Å². The van der Waals surface area contributed by atoms with Gasteiger partial charge in [-0.1, -0.05) is 0 Å². The molecule has 1 aromatic carbocycles. The number of ether oxygens (including phenoxy) is 1. The molecule has 0 amide bonds. The highest BCUT2D eigenvalue weighted by atomic mass is 32.2. The molecule has 60 valence electrons. The van der Waals surface area contributed by atoms with Crippen LogP contribution >= 0.6 is 11.8 Å². The molecule has 1 aromatic rings. The number of quaternary nitrogens is 1. The van der Waals surface area contributed by atoms with Gasteiger partial charge in [0.15, 0.2) is 0 Å². The average Bonchev–Trinajstić information content (AvgIpc) is 2.03. The minimum Gasteiger partial charge on any atom is -0.496 e. The number of hydrogen-bond acceptors (Lipinski definition) is 2. The summed E-state index contributed by atoms with van der Waals surface area (Å²) in [4.78, 5) is 1.19. The van der Waals surface area contributed by atoms with E-state index in [4.69, 9.17) is 4.74 Å². The van der Waals surface area contributed by atoms with Crippen LogP contribution in [0.15, 0.2) is 23.1 Å². The molecule has 0 aliphatic heterocycles. The number of methoxy groups -OCH3 is 1. The number of benzene rings is 1. The summed E-state index contributed by atoms with van der Waals surface area (Å²) >= 11 is 1.69. The van der Waals surface area contributed by atoms with Crippen molar-refractivity contribution in [2.75, 3.05) is 13.4 Å². The van der Waals surface area contributed by atoms with Gasteiger partial charge in [-0.2, -0.15) is 0 Å². The first-order chi connectivity index (χ1) is 5.26. The average molecular weight is 170 g/mol. The van der Waals surface area contributed by atoms with E-state index in [-0.39, 0.29) is 0 Å². The van der Waals surface area contributed by atoms with Crippen LogP contribution in [0.25, 0.3) is 0 Å². The molecule has 0 fully saturated rings. The van der Waals surface area contributed by atoms with Crippen LogP contribution in [-0.4, -0.2) is 13.4 Å². The largest absolute Gasteiger partial charge is 0.496 e. The van der Waals surface area contributed by atoms with Crippen LogP contribution in [0.3, 0.4) is 0 Å². The fraction of sp³-hybridized carbons (Fsp3) is 0.250. The van der Waals surface area contributed by atoms with E-state index in [0.29, 0.717) is 0 Å². The van der Waals surface area contributed by atoms with Crippen molar-refractivity contribution >= 4 is 17.4 Å². The molecule has 0 spiro atoms. The molecule has 0 saturated carbocycles. The summed E-state index contributed by atoms with van der Waals surface area (Å²) < 4.78 is 5.08. The maximum Gasteiger partial charge on any atom is 0.132 e. The van der Waals surface area contributed by atoms with Gasteiger partial charge in [0.05, 0.1) is 7.11 Å². The fourth-order valence-corrected chi connectivity index (χ4v) is 1.37. The lowest BCUT2D eigenvalue weighted by atomic mass is 10.3. The maximum atomic E-state index is 5.08. The first kappa shape index (κ1) is 8.43. The first-order valence-corrected chi connectivity index (χ1v) is 4.54. The molecule has 0 aliphatic carbocycles. The van der Waals surface area contributed by atoms with Crippen LogP contribution in [0.5, 0.6) is 5.75 Å². The third-order valence-electron chi connectivity index (χ3n) is 1.41. The Hall–Kier alpha value is -0.670. The minimum atomic E-state index is 0.877. The summed E-state index contributed by atoms with van der Waals surface area (Å²) in [6, 6.07) is 5.95. The van der Waals surface area contributed by atoms with Crippen molar-refractivity contribution in [3.05, 3.63) is 18.2 Å². The molecule has 0 atom stereocenters. The molecule has 0 saturated heterocycles. The van der Waals surface area contributed by atoms with E-state index in [9.17, 15) is 0 Å². The molecule has 0 aromatic heterocycles. The second kappa shape index (κ2) is 3.64. The summed E-state index contributed by atoms with van der Waals surface area (Å²) in [7, 11) is 1.67. The van der Waals surface area contributed by atoms with Crippen molar-refractivity contribution in [1.29, 1.82) is 0 Å². The second-order valence-electron chi connectivity index (χ2n) is 2.22. The fourth-order valence-electron chi connectivity index (χ4n) is 0.866. The zero-order chi connectivity index (χ0) is 8.27. The van der Waals surface area contributed by atoms with Gasteiger partial charge in [-0.05, 0) is 12.3 Å². The number of hydrogen-bond donors (Lipinski definition) is 1. The van der Waals surface area contributed by atoms with E-state index in [1.54, 1.807) is 18.9 Å². The molecule has 0 heterocycles. The monoisotopic (exact) mass is 170 g/mol. The Kier molecular flexibility index (Phi) is 2.79. The Morgan fingerprint density at radius 1 is 1.36 bits per heavy atom. The van der Waals surface area contributed by atoms with Crippen LogP contribution in [0.4, 0.5) is 5.69 Å². The van der Waals surface area contributed by atoms with Crippen molar-refractivity contribution in [1.82, 2.24) is 0 Å². The quantitative estimate of drug-likeness (QED) is 0.679. The van der Waals surface area contributed by atoms with Crippen molar-refractivity contribution in [3.8, 4) is 5.75 Å². The number of rotatable bonds is 2. The molecule has 0 bridgehead atoms. The highest BCUT2D eigenvalue weighted by Gasteiger charge is 1.98. The zero-order valence-corrected chi connectivity index (χ0v) is 7.57. The van der Waals surface area contributed by atoms with Crippen LogP contribution in [0.2, 0.25) is 0 Å². The van der Waals surface area contributed by atoms with E-state index in [1.165, 1.54) is 4.90 Å². The van der Waals surface area contributed by atoms with Crippen LogP contribution in [0, 0.1) is 0 Å². The summed E-state index contributed by atoms with van der Waals surface area (Å²) in [5.41, 5.74) is 4.84. The minimum absolute atomic E-state index is 0.877. The predicted molar refractivity (Wildman–Crippen MR) is 47.3 cm³/mol. The Morgan fingerprint density at radius 2 is 2.09 bits per heavy atom. The van der Waals surface area contributed by atoms with Crippen LogP contribution in [-0.2, 0) is 0 Å². The van der Waals surface area contributed by atoms with Gasteiger partial charge in [-0.15, -0.1) is 11.8 Å². The highest BCUT2D eigenvalue weighted by Crippen LogP contribution is 2.23. The van der Waals surface area contributed by atoms with E-state index in [2.05, 4.69) is 5.73 Å². The molecule has 1 rings (SSSR count). The van der Waals surface area contributed by atoms with Gasteiger partial charge in [0.25, 0.3) is 0 Å². The summed E-state index contributed by atoms with van der Waals surface area (Å²) in [5, 5.41) is 0. The second-order valence-corrected chi connectivity index (χ2v) is 3.10. The Morgan fingerprint density at radius 3 is 2.64 bits per heavy atom. The lowest BCUT2D eigenvalue weighted by molar-refractivity contribution is -0.255. The van der Waals surface area contributed by atoms with Gasteiger partial charge in [0.1, 0.15) is 11.4 Å². The van der Waals surface area contributed by atoms with Gasteiger partial charge < -0.3 is 10.5 Å². The molecular formula is C8H12NOS+.